The summed E-state index contributed by atoms with van der Waals surface area (Å²) in [6.45, 7) is 9.33. The summed E-state index contributed by atoms with van der Waals surface area (Å²) in [4.78, 5) is 28.7. The fraction of sp³-hybridized carbons (Fsp3) is 0.467. The number of fused-ring (bicyclic) bond motifs is 1. The van der Waals surface area contributed by atoms with Crippen molar-refractivity contribution in [1.29, 1.82) is 0 Å². The third kappa shape index (κ3) is 6.48. The standard InChI is InChI=1S/C29H38N4O2.CH2O2/c1-23-28(26-9-4-5-10-27(26)30(23)2)29(34)33-20-18-32(19-21-33)24-11-13-25(14-12-24)35-22-8-17-31-15-6-3-7-16-31;2-1-3/h4-5,9-14H,3,6-8,15-22H2,1-2H3;1H,(H,2,3). The molecule has 0 saturated carbocycles. The Balaban J connectivity index is 0.00000107. The van der Waals surface area contributed by atoms with Crippen LogP contribution in [0.15, 0.2) is 48.5 Å². The number of piperazine rings is 1. The van der Waals surface area contributed by atoms with Crippen LogP contribution < -0.4 is 9.64 Å². The quantitative estimate of drug-likeness (QED) is 0.367. The topological polar surface area (TPSA) is 78.2 Å². The van der Waals surface area contributed by atoms with Crippen molar-refractivity contribution in [3.05, 3.63) is 59.8 Å². The lowest BCUT2D eigenvalue weighted by atomic mass is 10.1. The molecule has 2 fully saturated rings. The monoisotopic (exact) mass is 520 g/mol. The van der Waals surface area contributed by atoms with Crippen molar-refractivity contribution < 1.29 is 19.4 Å². The number of hydrogen-bond acceptors (Lipinski definition) is 5. The number of anilines is 1. The second kappa shape index (κ2) is 13.3. The Labute approximate surface area is 225 Å². The van der Waals surface area contributed by atoms with E-state index in [4.69, 9.17) is 14.6 Å². The molecule has 3 heterocycles. The van der Waals surface area contributed by atoms with E-state index in [1.807, 2.05) is 31.0 Å². The number of nitrogens with zero attached hydrogens (tertiary/aromatic N) is 4. The molecular formula is C30H40N4O4. The number of carbonyl (C=O) groups is 2. The molecule has 2 aromatic carbocycles. The third-order valence-electron chi connectivity index (χ3n) is 7.72. The van der Waals surface area contributed by atoms with Crippen molar-refractivity contribution in [2.75, 3.05) is 57.3 Å². The van der Waals surface area contributed by atoms with Gasteiger partial charge in [0, 0.05) is 62.1 Å². The largest absolute Gasteiger partial charge is 0.494 e. The highest BCUT2D eigenvalue weighted by Gasteiger charge is 2.26. The highest BCUT2D eigenvalue weighted by Crippen LogP contribution is 2.27. The molecule has 5 rings (SSSR count). The van der Waals surface area contributed by atoms with Crippen molar-refractivity contribution in [2.24, 2.45) is 7.05 Å². The van der Waals surface area contributed by atoms with E-state index in [0.717, 1.165) is 73.7 Å². The number of amides is 1. The van der Waals surface area contributed by atoms with Gasteiger partial charge >= 0.3 is 0 Å². The van der Waals surface area contributed by atoms with E-state index in [9.17, 15) is 4.79 Å². The number of likely N-dealkylation sites (tertiary alicyclic amines) is 1. The zero-order chi connectivity index (χ0) is 26.9. The van der Waals surface area contributed by atoms with Crippen LogP contribution >= 0.6 is 0 Å². The molecule has 8 nitrogen and oxygen atoms in total. The number of aryl methyl sites for hydroxylation is 1. The van der Waals surface area contributed by atoms with Crippen LogP contribution in [0.25, 0.3) is 10.9 Å². The molecule has 8 heteroatoms. The molecule has 1 aromatic heterocycles. The minimum atomic E-state index is -0.250. The Morgan fingerprint density at radius 3 is 2.29 bits per heavy atom. The number of hydrogen-bond donors (Lipinski definition) is 1. The van der Waals surface area contributed by atoms with Gasteiger partial charge in [0.15, 0.2) is 0 Å². The van der Waals surface area contributed by atoms with Crippen LogP contribution in [0.2, 0.25) is 0 Å². The molecule has 0 spiro atoms. The summed E-state index contributed by atoms with van der Waals surface area (Å²) in [7, 11) is 2.04. The van der Waals surface area contributed by atoms with Gasteiger partial charge in [-0.05, 0) is 69.6 Å². The predicted molar refractivity (Wildman–Crippen MR) is 151 cm³/mol. The Morgan fingerprint density at radius 1 is 0.947 bits per heavy atom. The molecule has 0 unspecified atom stereocenters. The second-order valence-corrected chi connectivity index (χ2v) is 10.0. The number of ether oxygens (including phenoxy) is 1. The number of rotatable bonds is 7. The molecule has 3 aromatic rings. The maximum Gasteiger partial charge on any atom is 0.290 e. The molecule has 0 radical (unpaired) electrons. The molecule has 0 atom stereocenters. The fourth-order valence-electron chi connectivity index (χ4n) is 5.53. The normalized spacial score (nSPS) is 16.2. The van der Waals surface area contributed by atoms with Gasteiger partial charge in [0.1, 0.15) is 5.75 Å². The highest BCUT2D eigenvalue weighted by molar-refractivity contribution is 6.08. The number of carboxylic acid groups (broad SMARTS) is 1. The fourth-order valence-corrected chi connectivity index (χ4v) is 5.53. The van der Waals surface area contributed by atoms with Crippen LogP contribution in [0, 0.1) is 6.92 Å². The number of para-hydroxylation sites is 1. The molecular weight excluding hydrogens is 480 g/mol. The summed E-state index contributed by atoms with van der Waals surface area (Å²) in [5, 5.41) is 7.94. The molecule has 2 aliphatic heterocycles. The van der Waals surface area contributed by atoms with E-state index in [1.54, 1.807) is 0 Å². The van der Waals surface area contributed by atoms with Gasteiger partial charge in [-0.15, -0.1) is 0 Å². The van der Waals surface area contributed by atoms with Crippen LogP contribution in [0.4, 0.5) is 5.69 Å². The van der Waals surface area contributed by atoms with E-state index in [-0.39, 0.29) is 12.4 Å². The lowest BCUT2D eigenvalue weighted by Crippen LogP contribution is -2.48. The van der Waals surface area contributed by atoms with Crippen molar-refractivity contribution in [1.82, 2.24) is 14.4 Å². The average Bonchev–Trinajstić information content (AvgIpc) is 3.22. The van der Waals surface area contributed by atoms with Gasteiger partial charge in [-0.3, -0.25) is 9.59 Å². The molecule has 204 valence electrons. The summed E-state index contributed by atoms with van der Waals surface area (Å²) in [5.41, 5.74) is 4.18. The van der Waals surface area contributed by atoms with Crippen LogP contribution in [-0.4, -0.2) is 84.3 Å². The maximum atomic E-state index is 13.4. The van der Waals surface area contributed by atoms with Crippen molar-refractivity contribution in [3.63, 3.8) is 0 Å². The van der Waals surface area contributed by atoms with Gasteiger partial charge < -0.3 is 29.1 Å². The van der Waals surface area contributed by atoms with Gasteiger partial charge in [0.05, 0.1) is 12.2 Å². The first kappa shape index (κ1) is 27.5. The zero-order valence-corrected chi connectivity index (χ0v) is 22.6. The van der Waals surface area contributed by atoms with E-state index >= 15 is 0 Å². The summed E-state index contributed by atoms with van der Waals surface area (Å²) in [5.74, 6) is 1.08. The smallest absolute Gasteiger partial charge is 0.290 e. The Morgan fingerprint density at radius 2 is 1.61 bits per heavy atom. The lowest BCUT2D eigenvalue weighted by Gasteiger charge is -2.36. The Hall–Kier alpha value is -3.52. The SMILES string of the molecule is Cc1c(C(=O)N2CCN(c3ccc(OCCCN4CCCCC4)cc3)CC2)c2ccccc2n1C.O=CO. The maximum absolute atomic E-state index is 13.4. The first-order chi connectivity index (χ1) is 18.5. The Kier molecular flexibility index (Phi) is 9.65. The van der Waals surface area contributed by atoms with E-state index < -0.39 is 0 Å². The molecule has 1 N–H and O–H groups in total. The van der Waals surface area contributed by atoms with Crippen LogP contribution in [-0.2, 0) is 11.8 Å². The number of piperidine rings is 1. The van der Waals surface area contributed by atoms with Crippen LogP contribution in [0.5, 0.6) is 5.75 Å². The van der Waals surface area contributed by atoms with Gasteiger partial charge in [0.25, 0.3) is 12.4 Å². The number of benzene rings is 2. The van der Waals surface area contributed by atoms with E-state index in [2.05, 4.69) is 50.8 Å². The summed E-state index contributed by atoms with van der Waals surface area (Å²) >= 11 is 0. The van der Waals surface area contributed by atoms with Gasteiger partial charge in [-0.25, -0.2) is 0 Å². The number of aromatic nitrogens is 1. The molecule has 38 heavy (non-hydrogen) atoms. The van der Waals surface area contributed by atoms with Gasteiger partial charge in [-0.2, -0.15) is 0 Å². The highest BCUT2D eigenvalue weighted by atomic mass is 16.5. The summed E-state index contributed by atoms with van der Waals surface area (Å²) in [6.07, 6.45) is 5.14. The van der Waals surface area contributed by atoms with Crippen molar-refractivity contribution >= 4 is 29.0 Å². The minimum Gasteiger partial charge on any atom is -0.494 e. The Bertz CT molecular complexity index is 1190. The molecule has 2 saturated heterocycles. The van der Waals surface area contributed by atoms with E-state index in [1.165, 1.54) is 38.0 Å². The van der Waals surface area contributed by atoms with E-state index in [0.29, 0.717) is 0 Å². The van der Waals surface area contributed by atoms with Crippen LogP contribution in [0.3, 0.4) is 0 Å². The molecule has 2 aliphatic rings. The zero-order valence-electron chi connectivity index (χ0n) is 22.6. The minimum absolute atomic E-state index is 0.146. The second-order valence-electron chi connectivity index (χ2n) is 10.0. The van der Waals surface area contributed by atoms with Crippen molar-refractivity contribution in [3.8, 4) is 5.75 Å². The molecule has 1 amide bonds. The van der Waals surface area contributed by atoms with Gasteiger partial charge in [-0.1, -0.05) is 24.6 Å². The molecule has 0 aliphatic carbocycles. The lowest BCUT2D eigenvalue weighted by molar-refractivity contribution is -0.122. The average molecular weight is 521 g/mol. The molecule has 0 bridgehead atoms. The van der Waals surface area contributed by atoms with Crippen LogP contribution in [0.1, 0.15) is 41.7 Å². The number of carbonyl (C=O) groups excluding carboxylic acids is 1. The predicted octanol–water partition coefficient (Wildman–Crippen LogP) is 4.40. The third-order valence-corrected chi connectivity index (χ3v) is 7.72. The summed E-state index contributed by atoms with van der Waals surface area (Å²) in [6, 6.07) is 16.6. The summed E-state index contributed by atoms with van der Waals surface area (Å²) < 4.78 is 8.11. The first-order valence-electron chi connectivity index (χ1n) is 13.6. The first-order valence-corrected chi connectivity index (χ1v) is 13.6. The van der Waals surface area contributed by atoms with Crippen molar-refractivity contribution in [2.45, 2.75) is 32.6 Å². The van der Waals surface area contributed by atoms with Gasteiger partial charge in [0.2, 0.25) is 0 Å².